The molecule has 2 aliphatic heterocycles. The summed E-state index contributed by atoms with van der Waals surface area (Å²) in [5.41, 5.74) is -0.471. The number of likely N-dealkylation sites (tertiary alicyclic amines) is 1. The summed E-state index contributed by atoms with van der Waals surface area (Å²) in [6.07, 6.45) is 4.95. The van der Waals surface area contributed by atoms with Gasteiger partial charge in [0.1, 0.15) is 17.6 Å². The number of carbonyl (C=O) groups excluding carboxylic acids is 8. The average molecular weight is 925 g/mol. The van der Waals surface area contributed by atoms with Gasteiger partial charge in [0, 0.05) is 66.4 Å². The predicted octanol–water partition coefficient (Wildman–Crippen LogP) is 3.67. The van der Waals surface area contributed by atoms with Crippen molar-refractivity contribution in [3.8, 4) is 0 Å². The average Bonchev–Trinajstić information content (AvgIpc) is 3.91. The number of methoxy groups -OCH3 is 3. The van der Waals surface area contributed by atoms with Gasteiger partial charge in [0.25, 0.3) is 11.8 Å². The molecule has 2 N–H and O–H groups in total. The molecule has 2 aliphatic rings. The van der Waals surface area contributed by atoms with Crippen LogP contribution in [0.4, 0.5) is 0 Å². The van der Waals surface area contributed by atoms with Crippen molar-refractivity contribution in [2.45, 2.75) is 148 Å². The molecule has 1 aromatic rings. The molecule has 368 valence electrons. The molecule has 66 heavy (non-hydrogen) atoms. The Bertz CT molecular complexity index is 1850. The lowest BCUT2D eigenvalue weighted by Gasteiger charge is -2.41. The number of imide groups is 1. The molecule has 0 aliphatic carbocycles. The van der Waals surface area contributed by atoms with E-state index in [2.05, 4.69) is 10.6 Å². The normalized spacial score (nSPS) is 18.3. The fraction of sp³-hybridized carbons (Fsp3) is 0.673. The second kappa shape index (κ2) is 25.7. The highest BCUT2D eigenvalue weighted by molar-refractivity contribution is 6.12. The maximum atomic E-state index is 14.5. The summed E-state index contributed by atoms with van der Waals surface area (Å²) in [6, 6.07) is 6.39. The fourth-order valence-electron chi connectivity index (χ4n) is 8.85. The van der Waals surface area contributed by atoms with E-state index in [1.807, 2.05) is 58.0 Å². The number of hydrogen-bond donors (Lipinski definition) is 2. The smallest absolute Gasteiger partial charge is 0.328 e. The lowest BCUT2D eigenvalue weighted by atomic mass is 9.89. The first kappa shape index (κ1) is 55.2. The number of amides is 7. The van der Waals surface area contributed by atoms with Crippen molar-refractivity contribution in [1.82, 2.24) is 30.2 Å². The fourth-order valence-corrected chi connectivity index (χ4v) is 8.85. The van der Waals surface area contributed by atoms with Crippen LogP contribution in [0.1, 0.15) is 105 Å². The van der Waals surface area contributed by atoms with Gasteiger partial charge in [-0.15, -0.1) is 0 Å². The molecule has 8 atom stereocenters. The van der Waals surface area contributed by atoms with Gasteiger partial charge in [-0.3, -0.25) is 38.5 Å². The van der Waals surface area contributed by atoms with Crippen LogP contribution in [0, 0.1) is 17.8 Å². The lowest BCUT2D eigenvalue weighted by molar-refractivity contribution is -0.150. The van der Waals surface area contributed by atoms with E-state index in [1.54, 1.807) is 44.7 Å². The molecule has 0 aromatic heterocycles. The molecule has 0 bridgehead atoms. The van der Waals surface area contributed by atoms with Crippen molar-refractivity contribution in [1.29, 1.82) is 0 Å². The minimum absolute atomic E-state index is 0.0670. The summed E-state index contributed by atoms with van der Waals surface area (Å²) in [5.74, 6) is -4.26. The van der Waals surface area contributed by atoms with Crippen LogP contribution in [0.25, 0.3) is 0 Å². The highest BCUT2D eigenvalue weighted by Crippen LogP contribution is 2.30. The Balaban J connectivity index is 1.70. The maximum absolute atomic E-state index is 14.5. The van der Waals surface area contributed by atoms with Gasteiger partial charge in [0.05, 0.1) is 43.7 Å². The molecule has 17 heteroatoms. The van der Waals surface area contributed by atoms with Crippen LogP contribution >= 0.6 is 0 Å². The number of nitrogens with zero attached hydrogens (tertiary/aromatic N) is 4. The molecule has 1 fully saturated rings. The van der Waals surface area contributed by atoms with Gasteiger partial charge in [-0.05, 0) is 56.9 Å². The largest absolute Gasteiger partial charge is 0.467 e. The molecule has 0 radical (unpaired) electrons. The SMILES string of the molecule is CC[C@H](C)C([C@@H](CC(=O)N1CCC[C@H]1[C@H](OC)[C@@H](C)C(=O)N[C@@H](Cc1ccccc1)C(=O)OC)OC)N(C)C(=O)[C@@H](NC(=O)C(C)(C)N(C)C(=O)CCCCCN1C(=O)C=CC1=O)C(C)C. The third-order valence-corrected chi connectivity index (χ3v) is 13.5. The molecular weight excluding hydrogens is 849 g/mol. The third-order valence-electron chi connectivity index (χ3n) is 13.5. The number of carbonyl (C=O) groups is 8. The second-order valence-electron chi connectivity index (χ2n) is 18.5. The summed E-state index contributed by atoms with van der Waals surface area (Å²) in [7, 11) is 7.49. The number of nitrogens with one attached hydrogen (secondary N) is 2. The van der Waals surface area contributed by atoms with E-state index < -0.39 is 65.6 Å². The molecule has 1 saturated heterocycles. The lowest BCUT2D eigenvalue weighted by Crippen LogP contribution is -2.62. The minimum Gasteiger partial charge on any atom is -0.467 e. The van der Waals surface area contributed by atoms with Crippen molar-refractivity contribution in [3.63, 3.8) is 0 Å². The molecule has 7 amide bonds. The second-order valence-corrected chi connectivity index (χ2v) is 18.5. The van der Waals surface area contributed by atoms with Gasteiger partial charge in [0.2, 0.25) is 29.5 Å². The monoisotopic (exact) mass is 925 g/mol. The van der Waals surface area contributed by atoms with E-state index >= 15 is 0 Å². The summed E-state index contributed by atoms with van der Waals surface area (Å²) in [5, 5.41) is 5.78. The van der Waals surface area contributed by atoms with Gasteiger partial charge in [-0.1, -0.05) is 77.8 Å². The number of ether oxygens (including phenoxy) is 3. The van der Waals surface area contributed by atoms with Crippen LogP contribution in [-0.2, 0) is 59.0 Å². The molecule has 0 spiro atoms. The molecular formula is C49H76N6O11. The van der Waals surface area contributed by atoms with E-state index in [1.165, 1.54) is 43.3 Å². The van der Waals surface area contributed by atoms with Gasteiger partial charge in [0.15, 0.2) is 0 Å². The van der Waals surface area contributed by atoms with Crippen LogP contribution in [0.15, 0.2) is 42.5 Å². The summed E-state index contributed by atoms with van der Waals surface area (Å²) in [4.78, 5) is 112. The number of hydrogen-bond acceptors (Lipinski definition) is 11. The summed E-state index contributed by atoms with van der Waals surface area (Å²) in [6.45, 7) is 13.3. The summed E-state index contributed by atoms with van der Waals surface area (Å²) < 4.78 is 17.0. The first-order valence-electron chi connectivity index (χ1n) is 23.3. The zero-order valence-electron chi connectivity index (χ0n) is 41.3. The Kier molecular flexibility index (Phi) is 21.5. The maximum Gasteiger partial charge on any atom is 0.328 e. The van der Waals surface area contributed by atoms with Gasteiger partial charge in [-0.25, -0.2) is 4.79 Å². The van der Waals surface area contributed by atoms with E-state index in [0.717, 1.165) is 5.56 Å². The van der Waals surface area contributed by atoms with Crippen LogP contribution in [0.2, 0.25) is 0 Å². The van der Waals surface area contributed by atoms with E-state index in [9.17, 15) is 38.4 Å². The zero-order chi connectivity index (χ0) is 49.5. The number of rotatable bonds is 26. The standard InChI is InChI=1S/C49H76N6O11/c1-13-32(4)43(52(8)46(61)42(31(2)3)51-48(63)49(6,7)53(9)38(56)24-18-15-19-27-55-39(57)25-26-40(55)58)37(64-10)30-41(59)54-28-20-23-36(54)44(65-11)33(5)45(60)50-35(47(62)66-12)29-34-21-16-14-17-22-34/h14,16-17,21-22,25-26,31-33,35-37,42-44H,13,15,18-20,23-24,27-30H2,1-12H3,(H,50,60)(H,51,63)/t32-,33+,35-,36-,37+,42-,43?,44+/m0/s1. The van der Waals surface area contributed by atoms with Crippen molar-refractivity contribution >= 4 is 47.3 Å². The van der Waals surface area contributed by atoms with Crippen LogP contribution < -0.4 is 10.6 Å². The molecule has 1 aromatic carbocycles. The first-order valence-corrected chi connectivity index (χ1v) is 23.3. The van der Waals surface area contributed by atoms with Crippen LogP contribution in [0.5, 0.6) is 0 Å². The Hall–Kier alpha value is -5.16. The Morgan fingerprint density at radius 2 is 1.52 bits per heavy atom. The zero-order valence-corrected chi connectivity index (χ0v) is 41.3. The van der Waals surface area contributed by atoms with Crippen LogP contribution in [-0.4, -0.2) is 157 Å². The number of unbranched alkanes of at least 4 members (excludes halogenated alkanes) is 2. The van der Waals surface area contributed by atoms with Crippen molar-refractivity contribution in [2.24, 2.45) is 17.8 Å². The van der Waals surface area contributed by atoms with Crippen molar-refractivity contribution in [2.75, 3.05) is 48.5 Å². The van der Waals surface area contributed by atoms with Gasteiger partial charge in [-0.2, -0.15) is 0 Å². The van der Waals surface area contributed by atoms with Crippen molar-refractivity contribution < 1.29 is 52.6 Å². The minimum atomic E-state index is -1.32. The predicted molar refractivity (Wildman–Crippen MR) is 248 cm³/mol. The quantitative estimate of drug-likeness (QED) is 0.0781. The van der Waals surface area contributed by atoms with E-state index in [4.69, 9.17) is 14.2 Å². The van der Waals surface area contributed by atoms with Crippen LogP contribution in [0.3, 0.4) is 0 Å². The molecule has 3 rings (SSSR count). The Morgan fingerprint density at radius 3 is 2.08 bits per heavy atom. The summed E-state index contributed by atoms with van der Waals surface area (Å²) >= 11 is 0. The van der Waals surface area contributed by atoms with Gasteiger partial charge < -0.3 is 39.5 Å². The van der Waals surface area contributed by atoms with Gasteiger partial charge >= 0.3 is 5.97 Å². The highest BCUT2D eigenvalue weighted by atomic mass is 16.5. The first-order chi connectivity index (χ1) is 31.2. The number of esters is 1. The molecule has 0 saturated carbocycles. The Morgan fingerprint density at radius 1 is 0.879 bits per heavy atom. The van der Waals surface area contributed by atoms with E-state index in [0.29, 0.717) is 45.1 Å². The number of benzene rings is 1. The third kappa shape index (κ3) is 14.2. The molecule has 17 nitrogen and oxygen atoms in total. The Labute approximate surface area is 391 Å². The van der Waals surface area contributed by atoms with E-state index in [-0.39, 0.29) is 67.2 Å². The topological polar surface area (TPSA) is 201 Å². The van der Waals surface area contributed by atoms with Crippen molar-refractivity contribution in [3.05, 3.63) is 48.0 Å². The molecule has 1 unspecified atom stereocenters. The number of likely N-dealkylation sites (N-methyl/N-ethyl adjacent to an activating group) is 2. The highest BCUT2D eigenvalue weighted by Gasteiger charge is 2.44. The molecule has 2 heterocycles.